The Labute approximate surface area is 256 Å². The van der Waals surface area contributed by atoms with Crippen molar-refractivity contribution in [2.75, 3.05) is 6.54 Å². The van der Waals surface area contributed by atoms with E-state index in [4.69, 9.17) is 0 Å². The third-order valence-electron chi connectivity index (χ3n) is 7.38. The van der Waals surface area contributed by atoms with Crippen molar-refractivity contribution in [3.63, 3.8) is 0 Å². The molecule has 1 fully saturated rings. The van der Waals surface area contributed by atoms with Gasteiger partial charge in [0.1, 0.15) is 24.2 Å². The summed E-state index contributed by atoms with van der Waals surface area (Å²) >= 11 is 0. The number of aromatic amines is 2. The molecule has 1 aromatic carbocycles. The minimum atomic E-state index is -1.02. The number of likely N-dealkylation sites (tertiary alicyclic amines) is 1. The fourth-order valence-corrected chi connectivity index (χ4v) is 5.27. The molecule has 2 aromatic heterocycles. The fraction of sp³-hybridized carbons (Fsp3) is 0.452. The first-order chi connectivity index (χ1) is 21.2. The molecule has 0 spiro atoms. The summed E-state index contributed by atoms with van der Waals surface area (Å²) in [5.74, 6) is -1.59. The van der Waals surface area contributed by atoms with Gasteiger partial charge in [0, 0.05) is 44.6 Å². The largest absolute Gasteiger partial charge is 0.351 e. The highest BCUT2D eigenvalue weighted by Crippen LogP contribution is 2.20. The summed E-state index contributed by atoms with van der Waals surface area (Å²) in [5, 5.41) is 8.33. The lowest BCUT2D eigenvalue weighted by Gasteiger charge is -2.30. The van der Waals surface area contributed by atoms with E-state index in [1.165, 1.54) is 17.6 Å². The molecule has 13 nitrogen and oxygen atoms in total. The molecule has 44 heavy (non-hydrogen) atoms. The molecule has 4 rings (SSSR count). The highest BCUT2D eigenvalue weighted by atomic mass is 16.2. The summed E-state index contributed by atoms with van der Waals surface area (Å²) in [7, 11) is 0. The summed E-state index contributed by atoms with van der Waals surface area (Å²) in [4.78, 5) is 80.7. The molecule has 4 unspecified atom stereocenters. The van der Waals surface area contributed by atoms with Gasteiger partial charge in [-0.05, 0) is 24.3 Å². The van der Waals surface area contributed by atoms with E-state index in [1.807, 2.05) is 50.5 Å². The molecule has 0 aliphatic carbocycles. The molecule has 3 aromatic rings. The van der Waals surface area contributed by atoms with E-state index in [0.717, 1.165) is 5.56 Å². The molecule has 0 bridgehead atoms. The average Bonchev–Trinajstić information content (AvgIpc) is 3.79. The van der Waals surface area contributed by atoms with Crippen molar-refractivity contribution in [3.8, 4) is 0 Å². The summed E-state index contributed by atoms with van der Waals surface area (Å²) in [5.41, 5.74) is 1.98. The minimum absolute atomic E-state index is 0.102. The first kappa shape index (κ1) is 32.1. The number of carbonyl (C=O) groups excluding carboxylic acids is 5. The first-order valence-electron chi connectivity index (χ1n) is 14.8. The number of benzene rings is 1. The van der Waals surface area contributed by atoms with E-state index in [0.29, 0.717) is 30.8 Å². The van der Waals surface area contributed by atoms with Crippen molar-refractivity contribution in [2.24, 2.45) is 5.92 Å². The first-order valence-corrected chi connectivity index (χ1v) is 14.8. The number of hydrogen-bond acceptors (Lipinski definition) is 7. The van der Waals surface area contributed by atoms with E-state index < -0.39 is 36.0 Å². The van der Waals surface area contributed by atoms with Gasteiger partial charge in [-0.3, -0.25) is 24.0 Å². The lowest BCUT2D eigenvalue weighted by atomic mass is 10.0. The van der Waals surface area contributed by atoms with Crippen molar-refractivity contribution in [1.82, 2.24) is 40.8 Å². The van der Waals surface area contributed by atoms with Gasteiger partial charge in [0.05, 0.1) is 24.0 Å². The monoisotopic (exact) mass is 603 g/mol. The maximum absolute atomic E-state index is 13.8. The van der Waals surface area contributed by atoms with E-state index in [-0.39, 0.29) is 43.4 Å². The third kappa shape index (κ3) is 9.09. The SMILES string of the molecule is CC(C)CC(=O)NC(Cc1c[nH]cn1)C(=O)N1CCCC1C(=O)NC(Cc1ccccc1)C(=O)NC([C]=O)Cc1c[nH]cn1. The Balaban J connectivity index is 1.49. The maximum atomic E-state index is 13.8. The number of rotatable bonds is 15. The number of nitrogens with one attached hydrogen (secondary N) is 5. The number of amides is 4. The van der Waals surface area contributed by atoms with Crippen molar-refractivity contribution < 1.29 is 24.0 Å². The Morgan fingerprint density at radius 2 is 1.61 bits per heavy atom. The molecule has 233 valence electrons. The summed E-state index contributed by atoms with van der Waals surface area (Å²) < 4.78 is 0. The quantitative estimate of drug-likeness (QED) is 0.170. The molecule has 1 radical (unpaired) electrons. The molecule has 0 saturated carbocycles. The Morgan fingerprint density at radius 3 is 2.23 bits per heavy atom. The number of aromatic nitrogens is 4. The van der Waals surface area contributed by atoms with Crippen LogP contribution in [0.25, 0.3) is 0 Å². The highest BCUT2D eigenvalue weighted by Gasteiger charge is 2.39. The summed E-state index contributed by atoms with van der Waals surface area (Å²) in [6.45, 7) is 4.16. The van der Waals surface area contributed by atoms with Gasteiger partial charge in [-0.15, -0.1) is 0 Å². The molecular weight excluding hydrogens is 564 g/mol. The van der Waals surface area contributed by atoms with E-state index >= 15 is 0 Å². The molecule has 1 aliphatic rings. The van der Waals surface area contributed by atoms with Gasteiger partial charge < -0.3 is 30.8 Å². The van der Waals surface area contributed by atoms with Crippen molar-refractivity contribution in [1.29, 1.82) is 0 Å². The molecule has 3 heterocycles. The van der Waals surface area contributed by atoms with Crippen LogP contribution in [0.15, 0.2) is 55.4 Å². The second-order valence-corrected chi connectivity index (χ2v) is 11.4. The molecular formula is C31H39N8O5. The van der Waals surface area contributed by atoms with Crippen LogP contribution in [0.3, 0.4) is 0 Å². The Hall–Kier alpha value is -4.81. The lowest BCUT2D eigenvalue weighted by Crippen LogP contribution is -2.57. The van der Waals surface area contributed by atoms with Gasteiger partial charge in [-0.2, -0.15) is 0 Å². The molecule has 4 atom stereocenters. The Bertz CT molecular complexity index is 1380. The van der Waals surface area contributed by atoms with Crippen molar-refractivity contribution in [3.05, 3.63) is 72.3 Å². The second kappa shape index (κ2) is 15.6. The van der Waals surface area contributed by atoms with Crippen LogP contribution in [-0.4, -0.2) is 85.5 Å². The zero-order chi connectivity index (χ0) is 31.5. The smallest absolute Gasteiger partial charge is 0.246 e. The van der Waals surface area contributed by atoms with Crippen LogP contribution in [0.4, 0.5) is 0 Å². The molecule has 13 heteroatoms. The lowest BCUT2D eigenvalue weighted by molar-refractivity contribution is -0.142. The zero-order valence-electron chi connectivity index (χ0n) is 24.9. The maximum Gasteiger partial charge on any atom is 0.246 e. The minimum Gasteiger partial charge on any atom is -0.351 e. The zero-order valence-corrected chi connectivity index (χ0v) is 24.9. The highest BCUT2D eigenvalue weighted by molar-refractivity contribution is 5.95. The summed E-state index contributed by atoms with van der Waals surface area (Å²) in [6, 6.07) is 5.44. The van der Waals surface area contributed by atoms with E-state index in [1.54, 1.807) is 12.4 Å². The third-order valence-corrected chi connectivity index (χ3v) is 7.38. The van der Waals surface area contributed by atoms with Crippen LogP contribution in [0.5, 0.6) is 0 Å². The molecule has 1 saturated heterocycles. The van der Waals surface area contributed by atoms with Gasteiger partial charge in [0.15, 0.2) is 0 Å². The van der Waals surface area contributed by atoms with Crippen molar-refractivity contribution >= 4 is 29.9 Å². The summed E-state index contributed by atoms with van der Waals surface area (Å²) in [6.07, 6.45) is 9.79. The molecule has 5 N–H and O–H groups in total. The standard InChI is InChI=1S/C31H39N8O5/c1-20(2)11-28(41)37-26(14-23-16-33-19-35-23)31(44)39-10-6-9-27(39)30(43)38-25(12-21-7-4-3-5-8-21)29(42)36-24(17-40)13-22-15-32-18-34-22/h3-5,7-8,15-16,18-20,24-27H,6,9-14H2,1-2H3,(H,32,34)(H,33,35)(H,36,42)(H,37,41)(H,38,43). The van der Waals surface area contributed by atoms with Gasteiger partial charge in [-0.1, -0.05) is 44.2 Å². The second-order valence-electron chi connectivity index (χ2n) is 11.4. The van der Waals surface area contributed by atoms with Crippen LogP contribution in [0.2, 0.25) is 0 Å². The van der Waals surface area contributed by atoms with E-state index in [9.17, 15) is 24.0 Å². The molecule has 4 amide bonds. The number of nitrogens with zero attached hydrogens (tertiary/aromatic N) is 3. The van der Waals surface area contributed by atoms with Crippen LogP contribution in [0, 0.1) is 5.92 Å². The Kier molecular flexibility index (Phi) is 11.4. The topological polar surface area (TPSA) is 182 Å². The Morgan fingerprint density at radius 1 is 0.932 bits per heavy atom. The van der Waals surface area contributed by atoms with Crippen molar-refractivity contribution in [2.45, 2.75) is 76.5 Å². The number of carbonyl (C=O) groups is 4. The number of hydrogen-bond donors (Lipinski definition) is 5. The average molecular weight is 604 g/mol. The van der Waals surface area contributed by atoms with E-state index in [2.05, 4.69) is 35.9 Å². The predicted octanol–water partition coefficient (Wildman–Crippen LogP) is 0.762. The number of H-pyrrole nitrogens is 2. The normalized spacial score (nSPS) is 16.6. The van der Waals surface area contributed by atoms with Gasteiger partial charge in [0.2, 0.25) is 29.9 Å². The van der Waals surface area contributed by atoms with Gasteiger partial charge in [-0.25, -0.2) is 9.97 Å². The van der Waals surface area contributed by atoms with Crippen LogP contribution in [0.1, 0.15) is 50.1 Å². The van der Waals surface area contributed by atoms with Crippen LogP contribution >= 0.6 is 0 Å². The van der Waals surface area contributed by atoms with Gasteiger partial charge in [0.25, 0.3) is 0 Å². The fourth-order valence-electron chi connectivity index (χ4n) is 5.27. The van der Waals surface area contributed by atoms with Crippen LogP contribution in [-0.2, 0) is 43.2 Å². The molecule has 1 aliphatic heterocycles. The predicted molar refractivity (Wildman–Crippen MR) is 160 cm³/mol. The van der Waals surface area contributed by atoms with Gasteiger partial charge >= 0.3 is 0 Å². The van der Waals surface area contributed by atoms with Crippen LogP contribution < -0.4 is 16.0 Å². The number of imidazole rings is 2.